The number of hydrogen-bond acceptors (Lipinski definition) is 3. The van der Waals surface area contributed by atoms with Crippen LogP contribution in [-0.2, 0) is 9.59 Å². The highest BCUT2D eigenvalue weighted by atomic mass is 35.5. The number of carbonyl (C=O) groups excluding carboxylic acids is 1. The third-order valence-electron chi connectivity index (χ3n) is 3.12. The number of carboxylic acid groups (broad SMARTS) is 1. The smallest absolute Gasteiger partial charge is 0.327 e. The first-order valence-corrected chi connectivity index (χ1v) is 7.62. The molecule has 1 fully saturated rings. The Hall–Kier alpha value is -1.53. The van der Waals surface area contributed by atoms with Crippen molar-refractivity contribution in [1.29, 1.82) is 0 Å². The fourth-order valence-corrected chi connectivity index (χ4v) is 3.40. The third kappa shape index (κ3) is 3.57. The molecule has 0 aromatic heterocycles. The molecule has 0 spiro atoms. The van der Waals surface area contributed by atoms with Crippen LogP contribution in [0.25, 0.3) is 6.08 Å². The maximum atomic E-state index is 13.0. The Morgan fingerprint density at radius 1 is 1.52 bits per heavy atom. The van der Waals surface area contributed by atoms with Gasteiger partial charge in [-0.05, 0) is 30.7 Å². The summed E-state index contributed by atoms with van der Waals surface area (Å²) in [6.07, 6.45) is 2.77. The minimum absolute atomic E-state index is 0.0295. The van der Waals surface area contributed by atoms with Crippen molar-refractivity contribution in [3.05, 3.63) is 40.7 Å². The monoisotopic (exact) mass is 329 g/mol. The average molecular weight is 330 g/mol. The van der Waals surface area contributed by atoms with Crippen LogP contribution in [0.3, 0.4) is 0 Å². The van der Waals surface area contributed by atoms with E-state index >= 15 is 0 Å². The summed E-state index contributed by atoms with van der Waals surface area (Å²) in [5.74, 6) is -1.56. The van der Waals surface area contributed by atoms with Gasteiger partial charge in [-0.3, -0.25) is 4.79 Å². The van der Waals surface area contributed by atoms with Crippen molar-refractivity contribution < 1.29 is 19.1 Å². The molecule has 2 rings (SSSR count). The van der Waals surface area contributed by atoms with E-state index in [0.717, 1.165) is 0 Å². The largest absolute Gasteiger partial charge is 0.480 e. The zero-order valence-electron chi connectivity index (χ0n) is 11.1. The van der Waals surface area contributed by atoms with Crippen LogP contribution in [0.5, 0.6) is 0 Å². The Bertz CT molecular complexity index is 608. The second-order valence-electron chi connectivity index (χ2n) is 4.54. The van der Waals surface area contributed by atoms with E-state index in [2.05, 4.69) is 0 Å². The molecule has 1 aliphatic rings. The second kappa shape index (κ2) is 6.49. The molecule has 0 radical (unpaired) electrons. The van der Waals surface area contributed by atoms with E-state index in [0.29, 0.717) is 11.3 Å². The summed E-state index contributed by atoms with van der Waals surface area (Å²) in [4.78, 5) is 24.6. The van der Waals surface area contributed by atoms with Crippen LogP contribution in [0.15, 0.2) is 24.3 Å². The highest BCUT2D eigenvalue weighted by Gasteiger charge is 2.38. The molecular formula is C14H13ClFNO3S. The fourth-order valence-electron chi connectivity index (χ4n) is 2.04. The number of thioether (sulfide) groups is 1. The minimum atomic E-state index is -1.02. The number of carbonyl (C=O) groups is 2. The summed E-state index contributed by atoms with van der Waals surface area (Å²) in [6, 6.07) is 3.28. The lowest BCUT2D eigenvalue weighted by molar-refractivity contribution is -0.147. The van der Waals surface area contributed by atoms with Crippen LogP contribution < -0.4 is 0 Å². The number of hydrogen-bond donors (Lipinski definition) is 1. The highest BCUT2D eigenvalue weighted by Crippen LogP contribution is 2.29. The minimum Gasteiger partial charge on any atom is -0.480 e. The summed E-state index contributed by atoms with van der Waals surface area (Å²) in [6.45, 7) is 1.79. The van der Waals surface area contributed by atoms with Crippen molar-refractivity contribution in [2.45, 2.75) is 18.3 Å². The van der Waals surface area contributed by atoms with Gasteiger partial charge in [-0.1, -0.05) is 17.7 Å². The second-order valence-corrected chi connectivity index (χ2v) is 6.30. The Balaban J connectivity index is 2.14. The van der Waals surface area contributed by atoms with Gasteiger partial charge < -0.3 is 10.0 Å². The standard InChI is InChI=1S/C14H13ClFNO3S/c1-8-17(12(7-21-8)14(19)20)13(18)5-3-9-2-4-11(16)10(15)6-9/h2-6,8,12H,7H2,1H3,(H,19,20). The van der Waals surface area contributed by atoms with Gasteiger partial charge in [0.1, 0.15) is 11.9 Å². The summed E-state index contributed by atoms with van der Waals surface area (Å²) >= 11 is 7.07. The SMILES string of the molecule is CC1SCC(C(=O)O)N1C(=O)C=Cc1ccc(F)c(Cl)c1. The maximum absolute atomic E-state index is 13.0. The Labute approximate surface area is 130 Å². The predicted molar refractivity (Wildman–Crippen MR) is 80.6 cm³/mol. The van der Waals surface area contributed by atoms with Gasteiger partial charge in [-0.2, -0.15) is 0 Å². The molecule has 1 aromatic carbocycles. The number of carboxylic acids is 1. The first kappa shape index (κ1) is 15.9. The van der Waals surface area contributed by atoms with Crippen molar-refractivity contribution in [2.75, 3.05) is 5.75 Å². The van der Waals surface area contributed by atoms with Gasteiger partial charge in [0, 0.05) is 11.8 Å². The van der Waals surface area contributed by atoms with E-state index in [1.54, 1.807) is 6.92 Å². The summed E-state index contributed by atoms with van der Waals surface area (Å²) in [7, 11) is 0. The Morgan fingerprint density at radius 3 is 2.86 bits per heavy atom. The molecule has 2 unspecified atom stereocenters. The third-order valence-corrected chi connectivity index (χ3v) is 4.63. The summed E-state index contributed by atoms with van der Waals surface area (Å²) < 4.78 is 13.0. The zero-order chi connectivity index (χ0) is 15.6. The van der Waals surface area contributed by atoms with Gasteiger partial charge in [-0.25, -0.2) is 9.18 Å². The number of aliphatic carboxylic acids is 1. The van der Waals surface area contributed by atoms with Gasteiger partial charge >= 0.3 is 5.97 Å². The zero-order valence-corrected chi connectivity index (χ0v) is 12.7. The lowest BCUT2D eigenvalue weighted by Gasteiger charge is -2.23. The molecule has 1 aromatic rings. The number of amides is 1. The van der Waals surface area contributed by atoms with Crippen LogP contribution in [0.2, 0.25) is 5.02 Å². The number of benzene rings is 1. The summed E-state index contributed by atoms with van der Waals surface area (Å²) in [5.41, 5.74) is 0.570. The summed E-state index contributed by atoms with van der Waals surface area (Å²) in [5, 5.41) is 8.89. The van der Waals surface area contributed by atoms with Crippen molar-refractivity contribution in [1.82, 2.24) is 4.90 Å². The van der Waals surface area contributed by atoms with E-state index in [9.17, 15) is 14.0 Å². The van der Waals surface area contributed by atoms with Gasteiger partial charge in [-0.15, -0.1) is 11.8 Å². The van der Waals surface area contributed by atoms with Crippen molar-refractivity contribution in [3.8, 4) is 0 Å². The van der Waals surface area contributed by atoms with Crippen LogP contribution in [0.1, 0.15) is 12.5 Å². The number of nitrogens with zero attached hydrogens (tertiary/aromatic N) is 1. The van der Waals surface area contributed by atoms with E-state index in [1.807, 2.05) is 0 Å². The van der Waals surface area contributed by atoms with E-state index < -0.39 is 17.8 Å². The molecule has 1 amide bonds. The van der Waals surface area contributed by atoms with Crippen LogP contribution in [0.4, 0.5) is 4.39 Å². The van der Waals surface area contributed by atoms with Crippen LogP contribution in [0, 0.1) is 5.82 Å². The first-order chi connectivity index (χ1) is 9.90. The molecule has 1 saturated heterocycles. The van der Waals surface area contributed by atoms with E-state index in [1.165, 1.54) is 47.0 Å². The van der Waals surface area contributed by atoms with Gasteiger partial charge in [0.2, 0.25) is 5.91 Å². The maximum Gasteiger partial charge on any atom is 0.327 e. The van der Waals surface area contributed by atoms with Crippen LogP contribution in [-0.4, -0.2) is 39.1 Å². The number of rotatable bonds is 3. The Kier molecular flexibility index (Phi) is 4.90. The molecule has 0 bridgehead atoms. The average Bonchev–Trinajstić information content (AvgIpc) is 2.82. The van der Waals surface area contributed by atoms with Crippen molar-refractivity contribution >= 4 is 41.3 Å². The van der Waals surface area contributed by atoms with E-state index in [-0.39, 0.29) is 16.3 Å². The van der Waals surface area contributed by atoms with E-state index in [4.69, 9.17) is 16.7 Å². The molecule has 21 heavy (non-hydrogen) atoms. The Morgan fingerprint density at radius 2 is 2.24 bits per heavy atom. The van der Waals surface area contributed by atoms with Crippen molar-refractivity contribution in [2.24, 2.45) is 0 Å². The van der Waals surface area contributed by atoms with Gasteiger partial charge in [0.15, 0.2) is 0 Å². The topological polar surface area (TPSA) is 57.6 Å². The molecule has 0 aliphatic carbocycles. The van der Waals surface area contributed by atoms with Crippen molar-refractivity contribution in [3.63, 3.8) is 0 Å². The normalized spacial score (nSPS) is 22.0. The van der Waals surface area contributed by atoms with Crippen LogP contribution >= 0.6 is 23.4 Å². The fraction of sp³-hybridized carbons (Fsp3) is 0.286. The predicted octanol–water partition coefficient (Wildman–Crippen LogP) is 2.87. The molecule has 2 atom stereocenters. The lowest BCUT2D eigenvalue weighted by Crippen LogP contribution is -2.43. The van der Waals surface area contributed by atoms with Gasteiger partial charge in [0.25, 0.3) is 0 Å². The first-order valence-electron chi connectivity index (χ1n) is 6.20. The highest BCUT2D eigenvalue weighted by molar-refractivity contribution is 8.00. The molecule has 1 heterocycles. The number of halogens is 2. The molecule has 7 heteroatoms. The molecule has 4 nitrogen and oxygen atoms in total. The molecule has 1 aliphatic heterocycles. The molecule has 0 saturated carbocycles. The lowest BCUT2D eigenvalue weighted by atomic mass is 10.2. The molecule has 1 N–H and O–H groups in total. The molecular weight excluding hydrogens is 317 g/mol. The van der Waals surface area contributed by atoms with Gasteiger partial charge in [0.05, 0.1) is 10.4 Å². The molecule has 112 valence electrons. The quantitative estimate of drug-likeness (QED) is 0.866.